The van der Waals surface area contributed by atoms with Crippen molar-refractivity contribution in [1.29, 1.82) is 0 Å². The highest BCUT2D eigenvalue weighted by Crippen LogP contribution is 2.36. The van der Waals surface area contributed by atoms with Crippen LogP contribution in [0.5, 0.6) is 17.2 Å². The number of amides is 1. The molecule has 2 N–H and O–H groups in total. The summed E-state index contributed by atoms with van der Waals surface area (Å²) in [6.07, 6.45) is -2.58. The molecule has 3 aromatic carbocycles. The molecule has 0 radical (unpaired) electrons. The van der Waals surface area contributed by atoms with Crippen LogP contribution in [0.15, 0.2) is 77.7 Å². The van der Waals surface area contributed by atoms with E-state index in [0.717, 1.165) is 5.56 Å². The number of carbonyl (C=O) groups excluding carboxylic acids is 2. The van der Waals surface area contributed by atoms with Crippen LogP contribution < -0.4 is 19.5 Å². The lowest BCUT2D eigenvalue weighted by molar-refractivity contribution is -0.384. The lowest BCUT2D eigenvalue weighted by Crippen LogP contribution is -2.52. The maximum atomic E-state index is 14.4. The number of sulfonamides is 1. The first-order valence-electron chi connectivity index (χ1n) is 18.2. The molecule has 3 aliphatic rings. The van der Waals surface area contributed by atoms with Gasteiger partial charge < -0.3 is 43.6 Å². The van der Waals surface area contributed by atoms with E-state index in [-0.39, 0.29) is 61.0 Å². The molecular formula is C38H45N3O14S. The molecule has 302 valence electrons. The van der Waals surface area contributed by atoms with Crippen molar-refractivity contribution in [2.24, 2.45) is 11.3 Å². The normalized spacial score (nSPS) is 19.9. The maximum absolute atomic E-state index is 14.4. The van der Waals surface area contributed by atoms with E-state index in [2.05, 4.69) is 5.32 Å². The molecule has 5 atom stereocenters. The summed E-state index contributed by atoms with van der Waals surface area (Å²) in [5.41, 5.74) is -0.0886. The van der Waals surface area contributed by atoms with E-state index < -0.39 is 63.7 Å². The second-order valence-electron chi connectivity index (χ2n) is 14.5. The van der Waals surface area contributed by atoms with Gasteiger partial charge in [-0.25, -0.2) is 18.0 Å². The number of aliphatic hydroxyl groups is 1. The lowest BCUT2D eigenvalue weighted by atomic mass is 9.87. The monoisotopic (exact) mass is 799 g/mol. The highest BCUT2D eigenvalue weighted by Gasteiger charge is 2.44. The zero-order chi connectivity index (χ0) is 39.9. The lowest BCUT2D eigenvalue weighted by Gasteiger charge is -2.35. The van der Waals surface area contributed by atoms with Gasteiger partial charge in [-0.15, -0.1) is 0 Å². The number of hydrogen-bond acceptors (Lipinski definition) is 14. The van der Waals surface area contributed by atoms with E-state index in [0.29, 0.717) is 31.6 Å². The van der Waals surface area contributed by atoms with Crippen LogP contribution in [0.25, 0.3) is 0 Å². The highest BCUT2D eigenvalue weighted by molar-refractivity contribution is 7.89. The summed E-state index contributed by atoms with van der Waals surface area (Å²) >= 11 is 0. The first-order valence-corrected chi connectivity index (χ1v) is 19.6. The first-order chi connectivity index (χ1) is 26.8. The molecule has 6 rings (SSSR count). The number of nitro benzene ring substituents is 1. The number of non-ortho nitro benzene ring substituents is 1. The number of hydrogen-bond donors (Lipinski definition) is 2. The van der Waals surface area contributed by atoms with Gasteiger partial charge in [0.2, 0.25) is 16.8 Å². The largest absolute Gasteiger partial charge is 0.513 e. The molecule has 3 heterocycles. The highest BCUT2D eigenvalue weighted by atomic mass is 32.2. The number of ether oxygens (including phenoxy) is 7. The number of carbonyl (C=O) groups is 2. The molecule has 0 saturated carbocycles. The van der Waals surface area contributed by atoms with Gasteiger partial charge in [0, 0.05) is 31.3 Å². The van der Waals surface area contributed by atoms with Crippen LogP contribution in [0.4, 0.5) is 15.3 Å². The smallest absolute Gasteiger partial charge is 0.454 e. The summed E-state index contributed by atoms with van der Waals surface area (Å²) in [5.74, 6) is 0.633. The number of aliphatic hydroxyl groups excluding tert-OH is 1. The third-order valence-corrected chi connectivity index (χ3v) is 11.6. The summed E-state index contributed by atoms with van der Waals surface area (Å²) in [7, 11) is -4.29. The van der Waals surface area contributed by atoms with E-state index in [9.17, 15) is 33.2 Å². The summed E-state index contributed by atoms with van der Waals surface area (Å²) in [4.78, 5) is 35.8. The number of benzene rings is 3. The number of alkyl carbamates (subject to hydrolysis) is 1. The Morgan fingerprint density at radius 1 is 1.05 bits per heavy atom. The van der Waals surface area contributed by atoms with E-state index in [1.807, 2.05) is 44.2 Å². The predicted molar refractivity (Wildman–Crippen MR) is 197 cm³/mol. The number of nitro groups is 1. The molecule has 2 saturated heterocycles. The van der Waals surface area contributed by atoms with Crippen molar-refractivity contribution in [3.8, 4) is 17.2 Å². The Morgan fingerprint density at radius 2 is 1.80 bits per heavy atom. The second-order valence-corrected chi connectivity index (χ2v) is 16.4. The minimum Gasteiger partial charge on any atom is -0.454 e. The van der Waals surface area contributed by atoms with Crippen molar-refractivity contribution in [2.45, 2.75) is 69.0 Å². The van der Waals surface area contributed by atoms with Crippen LogP contribution >= 0.6 is 0 Å². The van der Waals surface area contributed by atoms with Gasteiger partial charge in [0.15, 0.2) is 17.8 Å². The van der Waals surface area contributed by atoms with E-state index >= 15 is 0 Å². The third kappa shape index (κ3) is 10.4. The van der Waals surface area contributed by atoms with Crippen LogP contribution in [0.2, 0.25) is 0 Å². The molecule has 0 unspecified atom stereocenters. The number of rotatable bonds is 17. The summed E-state index contributed by atoms with van der Waals surface area (Å²) < 4.78 is 68.0. The summed E-state index contributed by atoms with van der Waals surface area (Å²) in [6.45, 7) is 3.78. The second kappa shape index (κ2) is 17.8. The molecular weight excluding hydrogens is 754 g/mol. The first kappa shape index (κ1) is 40.6. The summed E-state index contributed by atoms with van der Waals surface area (Å²) in [5, 5.41) is 25.5. The zero-order valence-corrected chi connectivity index (χ0v) is 31.8. The minimum atomic E-state index is -4.29. The summed E-state index contributed by atoms with van der Waals surface area (Å²) in [6, 6.07) is 17.4. The molecule has 0 aromatic heterocycles. The van der Waals surface area contributed by atoms with Crippen LogP contribution in [0.3, 0.4) is 0 Å². The van der Waals surface area contributed by atoms with Crippen LogP contribution in [0, 0.1) is 21.4 Å². The zero-order valence-electron chi connectivity index (χ0n) is 30.9. The fourth-order valence-corrected chi connectivity index (χ4v) is 8.48. The van der Waals surface area contributed by atoms with Gasteiger partial charge in [-0.3, -0.25) is 10.1 Å². The molecule has 18 heteroatoms. The van der Waals surface area contributed by atoms with Gasteiger partial charge in [-0.05, 0) is 60.9 Å². The molecule has 1 amide bonds. The van der Waals surface area contributed by atoms with Gasteiger partial charge in [0.25, 0.3) is 5.69 Å². The Morgan fingerprint density at radius 3 is 2.55 bits per heavy atom. The third-order valence-electron chi connectivity index (χ3n) is 9.75. The number of fused-ring (bicyclic) bond motifs is 2. The van der Waals surface area contributed by atoms with Gasteiger partial charge >= 0.3 is 12.2 Å². The molecule has 0 spiro atoms. The standard InChI is InChI=1S/C38H45N3O14S/c1-38(2,16-6-17-50-37(44)54-27-11-9-26(10-12-27)41(45)46)23-40(56(47,48)28-13-14-32-33(20-28)53-24-52-32)21-31(42)30(19-25-7-4-3-5-8-25)39-36(43)55-34-22-51-35-29(34)15-18-49-35/h3-5,7-14,20,29-31,34-35,42H,6,15-19,21-24H2,1-2H3,(H,39,43)/t29-,30-,31-,34-,35+/m0/s1. The van der Waals surface area contributed by atoms with Crippen LogP contribution in [-0.2, 0) is 35.4 Å². The van der Waals surface area contributed by atoms with Gasteiger partial charge in [-0.1, -0.05) is 44.2 Å². The van der Waals surface area contributed by atoms with Crippen LogP contribution in [0.1, 0.15) is 38.7 Å². The molecule has 17 nitrogen and oxygen atoms in total. The Hall–Kier alpha value is -5.01. The average Bonchev–Trinajstić information content (AvgIpc) is 3.92. The van der Waals surface area contributed by atoms with Crippen molar-refractivity contribution < 1.29 is 61.2 Å². The van der Waals surface area contributed by atoms with E-state index in [1.165, 1.54) is 46.8 Å². The molecule has 56 heavy (non-hydrogen) atoms. The quantitative estimate of drug-likeness (QED) is 0.0618. The molecule has 0 aliphatic carbocycles. The van der Waals surface area contributed by atoms with Crippen LogP contribution in [-0.4, -0.2) is 99.2 Å². The number of nitrogens with one attached hydrogen (secondary N) is 1. The van der Waals surface area contributed by atoms with E-state index in [1.54, 1.807) is 0 Å². The maximum Gasteiger partial charge on any atom is 0.513 e. The van der Waals surface area contributed by atoms with Gasteiger partial charge in [-0.2, -0.15) is 4.31 Å². The minimum absolute atomic E-state index is 0.0534. The number of nitrogens with zero attached hydrogens (tertiary/aromatic N) is 2. The molecule has 3 aromatic rings. The SMILES string of the molecule is CC(C)(CCCOC(=O)Oc1ccc([N+](=O)[O-])cc1)CN(C[C@H](O)[C@H](Cc1ccccc1)NC(=O)O[C@H]1CO[C@H]2OCC[C@H]21)S(=O)(=O)c1ccc2c(c1)OCO2. The predicted octanol–water partition coefficient (Wildman–Crippen LogP) is 4.80. The Bertz CT molecular complexity index is 1950. The molecule has 0 bridgehead atoms. The fraction of sp³-hybridized carbons (Fsp3) is 0.474. The fourth-order valence-electron chi connectivity index (χ4n) is 6.82. The van der Waals surface area contributed by atoms with Crippen molar-refractivity contribution in [3.05, 3.63) is 88.5 Å². The van der Waals surface area contributed by atoms with Crippen molar-refractivity contribution in [2.75, 3.05) is 39.7 Å². The Labute approximate surface area is 323 Å². The van der Waals surface area contributed by atoms with Crippen molar-refractivity contribution in [1.82, 2.24) is 9.62 Å². The van der Waals surface area contributed by atoms with Gasteiger partial charge in [0.1, 0.15) is 11.9 Å². The molecule has 2 fully saturated rings. The van der Waals surface area contributed by atoms with E-state index in [4.69, 9.17) is 33.2 Å². The Kier molecular flexibility index (Phi) is 13.0. The molecule has 3 aliphatic heterocycles. The Balaban J connectivity index is 1.14. The van der Waals surface area contributed by atoms with Crippen molar-refractivity contribution in [3.63, 3.8) is 0 Å². The van der Waals surface area contributed by atoms with Crippen molar-refractivity contribution >= 4 is 28.0 Å². The topological polar surface area (TPSA) is 212 Å². The van der Waals surface area contributed by atoms with Gasteiger partial charge in [0.05, 0.1) is 47.7 Å². The average molecular weight is 800 g/mol.